The molecule has 2 heterocycles. The fourth-order valence-electron chi connectivity index (χ4n) is 3.79. The van der Waals surface area contributed by atoms with Gasteiger partial charge in [0.1, 0.15) is 0 Å². The fraction of sp³-hybridized carbons (Fsp3) is 0.556. The predicted molar refractivity (Wildman–Crippen MR) is 102 cm³/mol. The number of hydrogen-bond donors (Lipinski definition) is 2. The maximum atomic E-state index is 5.88. The molecule has 2 unspecified atom stereocenters. The predicted octanol–water partition coefficient (Wildman–Crippen LogP) is 4.81. The maximum absolute atomic E-state index is 5.88. The first kappa shape index (κ1) is 15.3. The summed E-state index contributed by atoms with van der Waals surface area (Å²) in [5.74, 6) is 0. The Kier molecular flexibility index (Phi) is 4.60. The Labute approximate surface area is 135 Å². The number of hydrogen-bond acceptors (Lipinski definition) is 1. The Bertz CT molecular complexity index is 619. The molecule has 0 aliphatic carbocycles. The minimum atomic E-state index is -0.909. The minimum absolute atomic E-state index is 0.739. The average molecular weight is 398 g/mol. The van der Waals surface area contributed by atoms with Crippen LogP contribution in [-0.2, 0) is 6.42 Å². The average Bonchev–Trinajstić information content (AvgIpc) is 2.84. The van der Waals surface area contributed by atoms with Gasteiger partial charge in [-0.3, -0.25) is 0 Å². The van der Waals surface area contributed by atoms with Gasteiger partial charge < -0.3 is 0 Å². The number of benzene rings is 1. The van der Waals surface area contributed by atoms with E-state index in [1.807, 2.05) is 0 Å². The van der Waals surface area contributed by atoms with Crippen LogP contribution in [0.5, 0.6) is 0 Å². The van der Waals surface area contributed by atoms with E-state index in [2.05, 4.69) is 50.0 Å². The van der Waals surface area contributed by atoms with Crippen molar-refractivity contribution in [2.24, 2.45) is 5.73 Å². The van der Waals surface area contributed by atoms with Crippen LogP contribution in [0.2, 0.25) is 0 Å². The van der Waals surface area contributed by atoms with Crippen molar-refractivity contribution >= 4 is 30.7 Å². The molecule has 0 amide bonds. The van der Waals surface area contributed by atoms with E-state index in [-0.39, 0.29) is 0 Å². The summed E-state index contributed by atoms with van der Waals surface area (Å²) in [5.41, 5.74) is 10.2. The van der Waals surface area contributed by atoms with Crippen LogP contribution in [0, 0.1) is 0 Å². The molecule has 0 saturated carbocycles. The third-order valence-corrected chi connectivity index (χ3v) is 14.0. The van der Waals surface area contributed by atoms with Gasteiger partial charge in [0.15, 0.2) is 0 Å². The summed E-state index contributed by atoms with van der Waals surface area (Å²) in [6, 6.07) is 8.72. The molecule has 0 radical (unpaired) electrons. The Balaban J connectivity index is 2.00. The molecule has 1 aliphatic heterocycles. The van der Waals surface area contributed by atoms with Crippen LogP contribution in [0.4, 0.5) is 0 Å². The van der Waals surface area contributed by atoms with Gasteiger partial charge in [0, 0.05) is 0 Å². The zero-order valence-electron chi connectivity index (χ0n) is 13.3. The molecule has 1 aromatic heterocycles. The van der Waals surface area contributed by atoms with Crippen LogP contribution in [0.1, 0.15) is 48.8 Å². The number of rotatable bonds is 5. The number of nitrogens with two attached hydrogens (primary N) is 1. The molecule has 21 heavy (non-hydrogen) atoms. The van der Waals surface area contributed by atoms with Gasteiger partial charge in [-0.2, -0.15) is 0 Å². The van der Waals surface area contributed by atoms with Crippen molar-refractivity contribution < 1.29 is 0 Å². The molecule has 0 spiro atoms. The van der Waals surface area contributed by atoms with Crippen LogP contribution in [0.3, 0.4) is 0 Å². The van der Waals surface area contributed by atoms with Crippen molar-refractivity contribution in [2.45, 2.75) is 51.8 Å². The standard InChI is InChI=1S/C18H27IN2/c1-4-14-11-12(2)19(14)13(3)18-16(9-10-20)15-7-5-6-8-17(15)21-18/h5-8,12-14,21H,4,9-11,20H2,1-3H3/t12-,13?,14?/m1/s1. The summed E-state index contributed by atoms with van der Waals surface area (Å²) in [4.78, 5) is 3.75. The fourth-order valence-corrected chi connectivity index (χ4v) is 12.8. The van der Waals surface area contributed by atoms with E-state index in [1.165, 1.54) is 35.0 Å². The van der Waals surface area contributed by atoms with Gasteiger partial charge in [0.05, 0.1) is 0 Å². The Morgan fingerprint density at radius 3 is 2.81 bits per heavy atom. The van der Waals surface area contributed by atoms with Crippen LogP contribution in [0.25, 0.3) is 10.9 Å². The molecule has 3 atom stereocenters. The summed E-state index contributed by atoms with van der Waals surface area (Å²) >= 11 is -0.909. The quantitative estimate of drug-likeness (QED) is 0.551. The molecule has 116 valence electrons. The van der Waals surface area contributed by atoms with E-state index < -0.39 is 19.8 Å². The normalized spacial score (nSPS) is 25.0. The van der Waals surface area contributed by atoms with Gasteiger partial charge in [-0.15, -0.1) is 0 Å². The van der Waals surface area contributed by atoms with Crippen molar-refractivity contribution in [2.75, 3.05) is 6.54 Å². The third-order valence-electron chi connectivity index (χ3n) is 4.83. The van der Waals surface area contributed by atoms with E-state index in [0.717, 1.165) is 24.7 Å². The Morgan fingerprint density at radius 1 is 1.38 bits per heavy atom. The molecule has 3 rings (SSSR count). The van der Waals surface area contributed by atoms with E-state index >= 15 is 0 Å². The van der Waals surface area contributed by atoms with Crippen LogP contribution >= 0.6 is 19.8 Å². The number of para-hydroxylation sites is 1. The van der Waals surface area contributed by atoms with E-state index in [0.29, 0.717) is 0 Å². The van der Waals surface area contributed by atoms with Crippen molar-refractivity contribution in [3.63, 3.8) is 0 Å². The van der Waals surface area contributed by atoms with E-state index in [9.17, 15) is 0 Å². The summed E-state index contributed by atoms with van der Waals surface area (Å²) in [7, 11) is 0. The van der Waals surface area contributed by atoms with Crippen LogP contribution in [0.15, 0.2) is 24.3 Å². The summed E-state index contributed by atoms with van der Waals surface area (Å²) < 4.78 is 2.82. The molecular weight excluding hydrogens is 371 g/mol. The Morgan fingerprint density at radius 2 is 2.14 bits per heavy atom. The Hall–Kier alpha value is -0.550. The van der Waals surface area contributed by atoms with Crippen molar-refractivity contribution in [1.29, 1.82) is 0 Å². The molecule has 2 nitrogen and oxygen atoms in total. The van der Waals surface area contributed by atoms with E-state index in [1.54, 1.807) is 0 Å². The van der Waals surface area contributed by atoms with Crippen molar-refractivity contribution in [1.82, 2.24) is 4.98 Å². The summed E-state index contributed by atoms with van der Waals surface area (Å²) in [6.07, 6.45) is 3.85. The van der Waals surface area contributed by atoms with Gasteiger partial charge in [-0.05, 0) is 0 Å². The molecule has 1 fully saturated rings. The van der Waals surface area contributed by atoms with Gasteiger partial charge >= 0.3 is 135 Å². The van der Waals surface area contributed by atoms with Gasteiger partial charge in [0.2, 0.25) is 0 Å². The van der Waals surface area contributed by atoms with E-state index in [4.69, 9.17) is 5.73 Å². The molecule has 3 N–H and O–H groups in total. The molecule has 1 saturated heterocycles. The van der Waals surface area contributed by atoms with Crippen LogP contribution in [-0.4, -0.2) is 19.4 Å². The number of aromatic nitrogens is 1. The first-order valence-corrected chi connectivity index (χ1v) is 11.9. The molecule has 2 aromatic rings. The summed E-state index contributed by atoms with van der Waals surface area (Å²) in [6.45, 7) is 8.08. The van der Waals surface area contributed by atoms with Gasteiger partial charge in [-0.1, -0.05) is 0 Å². The van der Waals surface area contributed by atoms with Gasteiger partial charge in [-0.25, -0.2) is 0 Å². The SMILES string of the molecule is CCC1C[C@@H](C)I1C(C)c1[nH]c2ccccc2c1CCN. The number of halogens is 1. The number of aromatic amines is 1. The molecule has 1 aromatic carbocycles. The first-order chi connectivity index (χ1) is 10.2. The topological polar surface area (TPSA) is 41.8 Å². The second-order valence-corrected chi connectivity index (χ2v) is 14.0. The van der Waals surface area contributed by atoms with Gasteiger partial charge in [0.25, 0.3) is 0 Å². The second-order valence-electron chi connectivity index (χ2n) is 6.12. The zero-order valence-corrected chi connectivity index (χ0v) is 15.5. The zero-order chi connectivity index (χ0) is 15.0. The number of alkyl halides is 3. The monoisotopic (exact) mass is 398 g/mol. The first-order valence-electron chi connectivity index (χ1n) is 8.12. The number of nitrogens with one attached hydrogen (secondary N) is 1. The molecular formula is C18H27IN2. The van der Waals surface area contributed by atoms with Crippen molar-refractivity contribution in [3.05, 3.63) is 35.5 Å². The van der Waals surface area contributed by atoms with Crippen molar-refractivity contribution in [3.8, 4) is 0 Å². The molecule has 1 aliphatic rings. The summed E-state index contributed by atoms with van der Waals surface area (Å²) in [5, 5.41) is 1.39. The molecule has 0 bridgehead atoms. The second kappa shape index (κ2) is 6.29. The number of H-pyrrole nitrogens is 1. The number of fused-ring (bicyclic) bond motifs is 1. The third kappa shape index (κ3) is 2.63. The molecule has 3 heteroatoms. The van der Waals surface area contributed by atoms with Crippen LogP contribution < -0.4 is 5.73 Å².